The molecule has 0 amide bonds. The summed E-state index contributed by atoms with van der Waals surface area (Å²) in [4.78, 5) is 0. The summed E-state index contributed by atoms with van der Waals surface area (Å²) in [5, 5.41) is 0. The fourth-order valence-corrected chi connectivity index (χ4v) is 2.81. The topological polar surface area (TPSA) is 38.7 Å². The zero-order chi connectivity index (χ0) is 17.7. The molecule has 2 aromatic rings. The molecular weight excluding hydrogens is 393 g/mol. The lowest BCUT2D eigenvalue weighted by atomic mass is 10.1. The van der Waals surface area contributed by atoms with Crippen LogP contribution in [0.3, 0.4) is 0 Å². The number of halogens is 2. The van der Waals surface area contributed by atoms with Crippen molar-refractivity contribution in [3.63, 3.8) is 0 Å². The van der Waals surface area contributed by atoms with Crippen LogP contribution in [-0.2, 0) is 11.0 Å². The number of rotatable bonds is 5. The van der Waals surface area contributed by atoms with Crippen LogP contribution in [0.2, 0.25) is 0 Å². The minimum absolute atomic E-state index is 0.0912. The standard InChI is InChI=1S/C18H19BrFNO2S/c1-18(2,3)24(22)21-16(13-7-6-8-14(20)11-13)12-23-17-10-5-4-9-15(17)19/h4-11H,12H2,1-3H3. The van der Waals surface area contributed by atoms with Gasteiger partial charge in [-0.25, -0.2) is 8.60 Å². The van der Waals surface area contributed by atoms with E-state index in [0.29, 0.717) is 17.0 Å². The highest BCUT2D eigenvalue weighted by Gasteiger charge is 2.20. The molecule has 0 aliphatic heterocycles. The lowest BCUT2D eigenvalue weighted by molar-refractivity contribution is 0.374. The van der Waals surface area contributed by atoms with Gasteiger partial charge in [0, 0.05) is 5.56 Å². The van der Waals surface area contributed by atoms with Crippen molar-refractivity contribution in [3.05, 3.63) is 64.4 Å². The lowest BCUT2D eigenvalue weighted by Gasteiger charge is -2.16. The Hall–Kier alpha value is -1.53. The van der Waals surface area contributed by atoms with Gasteiger partial charge in [-0.2, -0.15) is 4.40 Å². The Morgan fingerprint density at radius 1 is 1.21 bits per heavy atom. The molecule has 0 saturated carbocycles. The third-order valence-electron chi connectivity index (χ3n) is 3.08. The number of hydrogen-bond donors (Lipinski definition) is 0. The summed E-state index contributed by atoms with van der Waals surface area (Å²) >= 11 is 3.41. The molecule has 0 aromatic heterocycles. The molecule has 128 valence electrons. The van der Waals surface area contributed by atoms with E-state index in [2.05, 4.69) is 20.3 Å². The molecule has 1 atom stereocenters. The van der Waals surface area contributed by atoms with Crippen LogP contribution in [0.15, 0.2) is 57.4 Å². The molecule has 0 fully saturated rings. The van der Waals surface area contributed by atoms with Gasteiger partial charge in [0.1, 0.15) is 29.2 Å². The van der Waals surface area contributed by atoms with E-state index in [9.17, 15) is 8.60 Å². The average molecular weight is 412 g/mol. The molecular formula is C18H19BrFNO2S. The molecule has 3 nitrogen and oxygen atoms in total. The maximum Gasteiger partial charge on any atom is 0.145 e. The lowest BCUT2D eigenvalue weighted by Crippen LogP contribution is -2.23. The second-order valence-corrected chi connectivity index (χ2v) is 8.89. The van der Waals surface area contributed by atoms with E-state index in [4.69, 9.17) is 4.74 Å². The molecule has 0 spiro atoms. The van der Waals surface area contributed by atoms with Crippen molar-refractivity contribution in [1.29, 1.82) is 0 Å². The summed E-state index contributed by atoms with van der Waals surface area (Å²) in [7, 11) is -1.46. The van der Waals surface area contributed by atoms with Gasteiger partial charge < -0.3 is 4.74 Å². The SMILES string of the molecule is CC(C)(C)S(=O)N=C(COc1ccccc1Br)c1cccc(F)c1. The predicted octanol–water partition coefficient (Wildman–Crippen LogP) is 4.92. The Bertz CT molecular complexity index is 772. The number of nitrogens with zero attached hydrogens (tertiary/aromatic N) is 1. The second kappa shape index (κ2) is 8.03. The molecule has 2 rings (SSSR count). The average Bonchev–Trinajstić information content (AvgIpc) is 2.51. The Kier molecular flexibility index (Phi) is 6.29. The number of hydrogen-bond acceptors (Lipinski definition) is 2. The Morgan fingerprint density at radius 2 is 1.92 bits per heavy atom. The van der Waals surface area contributed by atoms with Gasteiger partial charge in [0.25, 0.3) is 0 Å². The first kappa shape index (κ1) is 18.8. The normalized spacial score (nSPS) is 13.6. The largest absolute Gasteiger partial charge is 0.486 e. The fraction of sp³-hybridized carbons (Fsp3) is 0.278. The van der Waals surface area contributed by atoms with Crippen molar-refractivity contribution in [2.75, 3.05) is 6.61 Å². The smallest absolute Gasteiger partial charge is 0.145 e. The minimum atomic E-state index is -1.46. The highest BCUT2D eigenvalue weighted by molar-refractivity contribution is 9.10. The predicted molar refractivity (Wildman–Crippen MR) is 100 cm³/mol. The molecule has 2 aromatic carbocycles. The number of para-hydroxylation sites is 1. The first-order chi connectivity index (χ1) is 11.3. The first-order valence-electron chi connectivity index (χ1n) is 7.40. The molecule has 1 unspecified atom stereocenters. The van der Waals surface area contributed by atoms with Crippen molar-refractivity contribution >= 4 is 32.6 Å². The monoisotopic (exact) mass is 411 g/mol. The Morgan fingerprint density at radius 3 is 2.54 bits per heavy atom. The third-order valence-corrected chi connectivity index (χ3v) is 5.16. The van der Waals surface area contributed by atoms with Gasteiger partial charge in [-0.3, -0.25) is 0 Å². The van der Waals surface area contributed by atoms with E-state index in [0.717, 1.165) is 4.47 Å². The van der Waals surface area contributed by atoms with Gasteiger partial charge in [-0.05, 0) is 61.0 Å². The van der Waals surface area contributed by atoms with Gasteiger partial charge in [-0.15, -0.1) is 0 Å². The summed E-state index contributed by atoms with van der Waals surface area (Å²) in [6.07, 6.45) is 0. The molecule has 6 heteroatoms. The molecule has 0 saturated heterocycles. The van der Waals surface area contributed by atoms with Crippen molar-refractivity contribution in [2.24, 2.45) is 4.40 Å². The quantitative estimate of drug-likeness (QED) is 0.654. The zero-order valence-corrected chi connectivity index (χ0v) is 16.2. The van der Waals surface area contributed by atoms with Crippen LogP contribution in [0.25, 0.3) is 0 Å². The van der Waals surface area contributed by atoms with E-state index in [-0.39, 0.29) is 12.4 Å². The van der Waals surface area contributed by atoms with Crippen LogP contribution in [0, 0.1) is 5.82 Å². The fourth-order valence-electron chi connectivity index (χ4n) is 1.78. The van der Waals surface area contributed by atoms with Gasteiger partial charge in [-0.1, -0.05) is 24.3 Å². The van der Waals surface area contributed by atoms with Gasteiger partial charge >= 0.3 is 0 Å². The van der Waals surface area contributed by atoms with Crippen LogP contribution in [0.1, 0.15) is 26.3 Å². The molecule has 0 aliphatic carbocycles. The van der Waals surface area contributed by atoms with Gasteiger partial charge in [0.05, 0.1) is 14.9 Å². The summed E-state index contributed by atoms with van der Waals surface area (Å²) in [5.41, 5.74) is 0.998. The summed E-state index contributed by atoms with van der Waals surface area (Å²) in [6.45, 7) is 5.60. The minimum Gasteiger partial charge on any atom is -0.486 e. The Labute approximate surface area is 152 Å². The van der Waals surface area contributed by atoms with Crippen molar-refractivity contribution in [3.8, 4) is 5.75 Å². The van der Waals surface area contributed by atoms with Crippen LogP contribution >= 0.6 is 15.9 Å². The van der Waals surface area contributed by atoms with E-state index in [1.54, 1.807) is 12.1 Å². The van der Waals surface area contributed by atoms with E-state index < -0.39 is 15.7 Å². The van der Waals surface area contributed by atoms with Crippen LogP contribution in [-0.4, -0.2) is 21.3 Å². The second-order valence-electron chi connectivity index (χ2n) is 6.13. The number of ether oxygens (including phenoxy) is 1. The summed E-state index contributed by atoms with van der Waals surface area (Å²) in [6, 6.07) is 13.5. The highest BCUT2D eigenvalue weighted by Crippen LogP contribution is 2.24. The van der Waals surface area contributed by atoms with Crippen molar-refractivity contribution in [2.45, 2.75) is 25.5 Å². The maximum absolute atomic E-state index is 13.5. The molecule has 0 N–H and O–H groups in total. The van der Waals surface area contributed by atoms with Gasteiger partial charge in [0.2, 0.25) is 0 Å². The number of benzene rings is 2. The third kappa shape index (κ3) is 5.24. The van der Waals surface area contributed by atoms with Gasteiger partial charge in [0.15, 0.2) is 0 Å². The summed E-state index contributed by atoms with van der Waals surface area (Å²) in [5.74, 6) is 0.269. The van der Waals surface area contributed by atoms with E-state index >= 15 is 0 Å². The van der Waals surface area contributed by atoms with Crippen LogP contribution < -0.4 is 4.74 Å². The van der Waals surface area contributed by atoms with Crippen molar-refractivity contribution in [1.82, 2.24) is 0 Å². The van der Waals surface area contributed by atoms with E-state index in [1.807, 2.05) is 45.0 Å². The highest BCUT2D eigenvalue weighted by atomic mass is 79.9. The molecule has 0 bridgehead atoms. The molecule has 0 heterocycles. The first-order valence-corrected chi connectivity index (χ1v) is 9.30. The zero-order valence-electron chi connectivity index (χ0n) is 13.8. The maximum atomic E-state index is 13.5. The molecule has 0 radical (unpaired) electrons. The van der Waals surface area contributed by atoms with E-state index in [1.165, 1.54) is 12.1 Å². The van der Waals surface area contributed by atoms with Crippen LogP contribution in [0.4, 0.5) is 4.39 Å². The van der Waals surface area contributed by atoms with Crippen LogP contribution in [0.5, 0.6) is 5.75 Å². The molecule has 0 aliphatic rings. The van der Waals surface area contributed by atoms with Crippen molar-refractivity contribution < 1.29 is 13.3 Å². The molecule has 24 heavy (non-hydrogen) atoms. The summed E-state index contributed by atoms with van der Waals surface area (Å²) < 4.78 is 36.3. The Balaban J connectivity index is 2.31.